The lowest BCUT2D eigenvalue weighted by atomic mass is 10.1. The summed E-state index contributed by atoms with van der Waals surface area (Å²) < 4.78 is 12.0. The van der Waals surface area contributed by atoms with E-state index in [2.05, 4.69) is 10.3 Å². The summed E-state index contributed by atoms with van der Waals surface area (Å²) in [6, 6.07) is 7.04. The molecule has 2 aromatic heterocycles. The molecule has 8 nitrogen and oxygen atoms in total. The molecule has 0 saturated heterocycles. The second-order valence-corrected chi connectivity index (χ2v) is 7.48. The Balaban J connectivity index is 1.71. The van der Waals surface area contributed by atoms with E-state index in [-0.39, 0.29) is 24.4 Å². The molecule has 0 aliphatic carbocycles. The topological polar surface area (TPSA) is 112 Å². The fraction of sp³-hybridized carbons (Fsp3) is 0.318. The Bertz CT molecular complexity index is 1120. The van der Waals surface area contributed by atoms with Crippen LogP contribution in [-0.2, 0) is 37.3 Å². The van der Waals surface area contributed by atoms with Gasteiger partial charge in [0.15, 0.2) is 5.89 Å². The van der Waals surface area contributed by atoms with Crippen LogP contribution in [0.1, 0.15) is 28.3 Å². The lowest BCUT2D eigenvalue weighted by Gasteiger charge is -2.13. The number of benzene rings is 1. The standard InChI is InChI=1S/C22H25ClN4O4/c1-14-26-18(13-31-14)5-7-27-8-6-20(30-2)19(22(27)29)10-21(28)25-12-16-9-17(23)4-3-15(16)11-24/h3-4,6,8-9,13H,5,7,10-12,24H2,1-2H3,(H,25,28). The van der Waals surface area contributed by atoms with Gasteiger partial charge in [0.05, 0.1) is 24.8 Å². The lowest BCUT2D eigenvalue weighted by Crippen LogP contribution is -2.31. The van der Waals surface area contributed by atoms with Gasteiger partial charge in [-0.25, -0.2) is 4.98 Å². The Morgan fingerprint density at radius 3 is 2.81 bits per heavy atom. The van der Waals surface area contributed by atoms with E-state index in [0.717, 1.165) is 16.8 Å². The van der Waals surface area contributed by atoms with Crippen molar-refractivity contribution in [2.75, 3.05) is 7.11 Å². The van der Waals surface area contributed by atoms with E-state index in [0.29, 0.717) is 41.7 Å². The number of nitrogens with two attached hydrogens (primary N) is 1. The van der Waals surface area contributed by atoms with Gasteiger partial charge in [0.1, 0.15) is 12.0 Å². The second kappa shape index (κ2) is 10.3. The number of aromatic nitrogens is 2. The first-order valence-electron chi connectivity index (χ1n) is 9.82. The summed E-state index contributed by atoms with van der Waals surface area (Å²) in [7, 11) is 1.47. The number of carbonyl (C=O) groups excluding carboxylic acids is 1. The van der Waals surface area contributed by atoms with Gasteiger partial charge in [0.25, 0.3) is 5.56 Å². The van der Waals surface area contributed by atoms with Crippen molar-refractivity contribution in [1.29, 1.82) is 0 Å². The van der Waals surface area contributed by atoms with Gasteiger partial charge in [-0.1, -0.05) is 17.7 Å². The maximum absolute atomic E-state index is 13.0. The number of carbonyl (C=O) groups is 1. The minimum atomic E-state index is -0.303. The summed E-state index contributed by atoms with van der Waals surface area (Å²) >= 11 is 6.05. The normalized spacial score (nSPS) is 10.8. The zero-order valence-electron chi connectivity index (χ0n) is 17.5. The van der Waals surface area contributed by atoms with E-state index in [4.69, 9.17) is 26.5 Å². The van der Waals surface area contributed by atoms with E-state index in [9.17, 15) is 9.59 Å². The van der Waals surface area contributed by atoms with Gasteiger partial charge in [-0.2, -0.15) is 0 Å². The molecule has 0 spiro atoms. The molecular formula is C22H25ClN4O4. The molecule has 3 aromatic rings. The number of amides is 1. The zero-order chi connectivity index (χ0) is 22.4. The van der Waals surface area contributed by atoms with Crippen molar-refractivity contribution in [3.05, 3.63) is 80.4 Å². The summed E-state index contributed by atoms with van der Waals surface area (Å²) in [5.41, 5.74) is 8.26. The van der Waals surface area contributed by atoms with Crippen LogP contribution in [0.15, 0.2) is 45.9 Å². The van der Waals surface area contributed by atoms with Crippen LogP contribution >= 0.6 is 11.6 Å². The Hall–Kier alpha value is -3.10. The molecule has 1 aromatic carbocycles. The van der Waals surface area contributed by atoms with Gasteiger partial charge in [0.2, 0.25) is 5.91 Å². The Morgan fingerprint density at radius 2 is 2.13 bits per heavy atom. The minimum Gasteiger partial charge on any atom is -0.496 e. The first kappa shape index (κ1) is 22.6. The maximum Gasteiger partial charge on any atom is 0.258 e. The fourth-order valence-electron chi connectivity index (χ4n) is 3.27. The molecule has 0 fully saturated rings. The maximum atomic E-state index is 13.0. The highest BCUT2D eigenvalue weighted by molar-refractivity contribution is 6.30. The molecule has 3 rings (SSSR count). The van der Waals surface area contributed by atoms with Gasteiger partial charge in [-0.05, 0) is 29.3 Å². The first-order chi connectivity index (χ1) is 14.9. The molecule has 1 amide bonds. The SMILES string of the molecule is COc1ccn(CCc2coc(C)n2)c(=O)c1CC(=O)NCc1cc(Cl)ccc1CN. The van der Waals surface area contributed by atoms with Crippen LogP contribution in [0, 0.1) is 6.92 Å². The largest absolute Gasteiger partial charge is 0.496 e. The van der Waals surface area contributed by atoms with E-state index in [1.54, 1.807) is 42.1 Å². The van der Waals surface area contributed by atoms with Crippen molar-refractivity contribution < 1.29 is 13.9 Å². The molecule has 0 bridgehead atoms. The third kappa shape index (κ3) is 5.74. The van der Waals surface area contributed by atoms with Crippen LogP contribution < -0.4 is 21.3 Å². The van der Waals surface area contributed by atoms with Crippen molar-refractivity contribution in [2.24, 2.45) is 5.73 Å². The smallest absolute Gasteiger partial charge is 0.258 e. The van der Waals surface area contributed by atoms with Gasteiger partial charge in [-0.3, -0.25) is 9.59 Å². The van der Waals surface area contributed by atoms with Crippen LogP contribution in [-0.4, -0.2) is 22.6 Å². The van der Waals surface area contributed by atoms with Crippen molar-refractivity contribution in [3.63, 3.8) is 0 Å². The monoisotopic (exact) mass is 444 g/mol. The molecule has 0 radical (unpaired) electrons. The fourth-order valence-corrected chi connectivity index (χ4v) is 3.46. The summed E-state index contributed by atoms with van der Waals surface area (Å²) in [6.45, 7) is 2.77. The molecule has 0 aliphatic rings. The number of halogens is 1. The predicted octanol–water partition coefficient (Wildman–Crippen LogP) is 2.37. The molecule has 3 N–H and O–H groups in total. The average molecular weight is 445 g/mol. The number of hydrogen-bond donors (Lipinski definition) is 2. The molecule has 9 heteroatoms. The lowest BCUT2D eigenvalue weighted by molar-refractivity contribution is -0.120. The summed E-state index contributed by atoms with van der Waals surface area (Å²) in [5.74, 6) is 0.647. The zero-order valence-corrected chi connectivity index (χ0v) is 18.2. The number of methoxy groups -OCH3 is 1. The third-order valence-electron chi connectivity index (χ3n) is 4.92. The highest BCUT2D eigenvalue weighted by atomic mass is 35.5. The van der Waals surface area contributed by atoms with Gasteiger partial charge in [0, 0.05) is 44.2 Å². The van der Waals surface area contributed by atoms with E-state index < -0.39 is 0 Å². The van der Waals surface area contributed by atoms with Gasteiger partial charge >= 0.3 is 0 Å². The molecule has 0 atom stereocenters. The first-order valence-corrected chi connectivity index (χ1v) is 10.2. The van der Waals surface area contributed by atoms with E-state index in [1.165, 1.54) is 7.11 Å². The quantitative estimate of drug-likeness (QED) is 0.524. The molecule has 0 unspecified atom stereocenters. The van der Waals surface area contributed by atoms with Crippen molar-refractivity contribution >= 4 is 17.5 Å². The van der Waals surface area contributed by atoms with E-state index >= 15 is 0 Å². The molecule has 0 aliphatic heterocycles. The van der Waals surface area contributed by atoms with Gasteiger partial charge < -0.3 is 24.8 Å². The number of nitrogens with zero attached hydrogens (tertiary/aromatic N) is 2. The molecule has 31 heavy (non-hydrogen) atoms. The number of ether oxygens (including phenoxy) is 1. The minimum absolute atomic E-state index is 0.107. The highest BCUT2D eigenvalue weighted by Crippen LogP contribution is 2.17. The summed E-state index contributed by atoms with van der Waals surface area (Å²) in [6.07, 6.45) is 3.65. The van der Waals surface area contributed by atoms with Crippen LogP contribution in [0.5, 0.6) is 5.75 Å². The van der Waals surface area contributed by atoms with Gasteiger partial charge in [-0.15, -0.1) is 0 Å². The highest BCUT2D eigenvalue weighted by Gasteiger charge is 2.16. The average Bonchev–Trinajstić information content (AvgIpc) is 3.18. The third-order valence-corrected chi connectivity index (χ3v) is 5.15. The number of pyridine rings is 1. The van der Waals surface area contributed by atoms with Crippen LogP contribution in [0.2, 0.25) is 5.02 Å². The molecule has 0 saturated carbocycles. The number of rotatable bonds is 9. The number of nitrogens with one attached hydrogen (secondary N) is 1. The Labute approximate surface area is 185 Å². The van der Waals surface area contributed by atoms with Crippen molar-refractivity contribution in [2.45, 2.75) is 39.4 Å². The molecule has 2 heterocycles. The summed E-state index contributed by atoms with van der Waals surface area (Å²) in [4.78, 5) is 29.8. The van der Waals surface area contributed by atoms with Crippen molar-refractivity contribution in [1.82, 2.24) is 14.9 Å². The predicted molar refractivity (Wildman–Crippen MR) is 117 cm³/mol. The van der Waals surface area contributed by atoms with Crippen molar-refractivity contribution in [3.8, 4) is 5.75 Å². The second-order valence-electron chi connectivity index (χ2n) is 7.04. The van der Waals surface area contributed by atoms with Crippen LogP contribution in [0.4, 0.5) is 0 Å². The van der Waals surface area contributed by atoms with E-state index in [1.807, 2.05) is 6.07 Å². The molecular weight excluding hydrogens is 420 g/mol. The van der Waals surface area contributed by atoms with Crippen LogP contribution in [0.25, 0.3) is 0 Å². The number of oxazole rings is 1. The van der Waals surface area contributed by atoms with Crippen LogP contribution in [0.3, 0.4) is 0 Å². The number of hydrogen-bond acceptors (Lipinski definition) is 6. The Kier molecular flexibility index (Phi) is 7.49. The molecule has 164 valence electrons. The Morgan fingerprint density at radius 1 is 1.32 bits per heavy atom. The summed E-state index contributed by atoms with van der Waals surface area (Å²) in [5, 5.41) is 3.39. The number of aryl methyl sites for hydroxylation is 3.